The molecule has 2 rings (SSSR count). The van der Waals surface area contributed by atoms with Crippen molar-refractivity contribution < 1.29 is 4.74 Å². The maximum absolute atomic E-state index is 6.03. The van der Waals surface area contributed by atoms with E-state index in [9.17, 15) is 0 Å². The van der Waals surface area contributed by atoms with Crippen molar-refractivity contribution in [1.29, 1.82) is 0 Å². The van der Waals surface area contributed by atoms with Gasteiger partial charge in [-0.1, -0.05) is 38.1 Å². The molecule has 3 N–H and O–H groups in total. The van der Waals surface area contributed by atoms with Crippen LogP contribution in [0.15, 0.2) is 53.5 Å². The number of hydrogen-bond donors (Lipinski definition) is 2. The van der Waals surface area contributed by atoms with Crippen molar-refractivity contribution in [2.45, 2.75) is 32.7 Å². The predicted octanol–water partition coefficient (Wildman–Crippen LogP) is 4.69. The Labute approximate surface area is 186 Å². The van der Waals surface area contributed by atoms with Gasteiger partial charge in [0.05, 0.1) is 13.2 Å². The number of benzene rings is 2. The molecule has 0 saturated carbocycles. The maximum atomic E-state index is 6.03. The minimum absolute atomic E-state index is 0. The first-order chi connectivity index (χ1) is 12.9. The minimum atomic E-state index is 0. The van der Waals surface area contributed by atoms with Crippen molar-refractivity contribution in [2.24, 2.45) is 10.7 Å². The maximum Gasteiger partial charge on any atom is 0.193 e. The van der Waals surface area contributed by atoms with Crippen LogP contribution in [0.3, 0.4) is 0 Å². The summed E-state index contributed by atoms with van der Waals surface area (Å²) in [5.41, 5.74) is 9.35. The van der Waals surface area contributed by atoms with Gasteiger partial charge in [-0.25, -0.2) is 4.99 Å². The largest absolute Gasteiger partial charge is 0.494 e. The molecule has 0 radical (unpaired) electrons. The van der Waals surface area contributed by atoms with Gasteiger partial charge in [0.2, 0.25) is 0 Å². The number of nitrogens with two attached hydrogens (primary N) is 1. The van der Waals surface area contributed by atoms with Crippen molar-refractivity contribution >= 4 is 35.6 Å². The smallest absolute Gasteiger partial charge is 0.193 e. The van der Waals surface area contributed by atoms with Gasteiger partial charge in [-0.15, -0.1) is 24.0 Å². The lowest BCUT2D eigenvalue weighted by Crippen LogP contribution is -2.22. The zero-order valence-electron chi connectivity index (χ0n) is 17.3. The van der Waals surface area contributed by atoms with E-state index in [1.54, 1.807) is 0 Å². The van der Waals surface area contributed by atoms with E-state index in [0.29, 0.717) is 18.4 Å². The fourth-order valence-electron chi connectivity index (χ4n) is 2.60. The highest BCUT2D eigenvalue weighted by Gasteiger charge is 2.02. The zero-order valence-corrected chi connectivity index (χ0v) is 19.6. The highest BCUT2D eigenvalue weighted by molar-refractivity contribution is 14.0. The van der Waals surface area contributed by atoms with Crippen LogP contribution in [-0.4, -0.2) is 38.1 Å². The van der Waals surface area contributed by atoms with Crippen LogP contribution in [-0.2, 0) is 6.54 Å². The van der Waals surface area contributed by atoms with Gasteiger partial charge >= 0.3 is 0 Å². The van der Waals surface area contributed by atoms with E-state index in [2.05, 4.69) is 55.3 Å². The Hall–Kier alpha value is -1.80. The monoisotopic (exact) mass is 496 g/mol. The Kier molecular flexibility index (Phi) is 10.9. The molecule has 0 aromatic heterocycles. The summed E-state index contributed by atoms with van der Waals surface area (Å²) < 4.78 is 5.75. The molecule has 6 heteroatoms. The molecule has 0 saturated heterocycles. The number of anilines is 1. The van der Waals surface area contributed by atoms with E-state index >= 15 is 0 Å². The summed E-state index contributed by atoms with van der Waals surface area (Å²) in [6.07, 6.45) is 1.01. The summed E-state index contributed by atoms with van der Waals surface area (Å²) >= 11 is 0. The summed E-state index contributed by atoms with van der Waals surface area (Å²) in [6.45, 7) is 6.63. The fraction of sp³-hybridized carbons (Fsp3) is 0.409. The van der Waals surface area contributed by atoms with Crippen molar-refractivity contribution in [2.75, 3.05) is 32.6 Å². The van der Waals surface area contributed by atoms with Crippen molar-refractivity contribution in [3.63, 3.8) is 0 Å². The second-order valence-corrected chi connectivity index (χ2v) is 7.26. The fourth-order valence-corrected chi connectivity index (χ4v) is 2.60. The third-order valence-electron chi connectivity index (χ3n) is 4.20. The Balaban J connectivity index is 0.00000392. The topological polar surface area (TPSA) is 62.9 Å². The van der Waals surface area contributed by atoms with Crippen molar-refractivity contribution in [3.8, 4) is 5.75 Å². The van der Waals surface area contributed by atoms with Crippen LogP contribution in [0.2, 0.25) is 0 Å². The standard InChI is InChI=1S/C22H32N4O.HI/c1-17(2)19-7-5-8-20(15-19)25-22(23)24-16-18-9-11-21(12-10-18)27-14-6-13-26(3)4;/h5,7-12,15,17H,6,13-14,16H2,1-4H3,(H3,23,24,25);1H. The number of rotatable bonds is 9. The number of halogens is 1. The lowest BCUT2D eigenvalue weighted by molar-refractivity contribution is 0.281. The highest BCUT2D eigenvalue weighted by Crippen LogP contribution is 2.18. The first-order valence-corrected chi connectivity index (χ1v) is 9.47. The number of nitrogens with zero attached hydrogens (tertiary/aromatic N) is 2. The number of hydrogen-bond acceptors (Lipinski definition) is 3. The number of guanidine groups is 1. The van der Waals surface area contributed by atoms with E-state index in [1.165, 1.54) is 5.56 Å². The third-order valence-corrected chi connectivity index (χ3v) is 4.20. The second-order valence-electron chi connectivity index (χ2n) is 7.26. The second kappa shape index (κ2) is 12.6. The normalized spacial score (nSPS) is 11.4. The van der Waals surface area contributed by atoms with E-state index < -0.39 is 0 Å². The molecule has 0 aliphatic rings. The summed E-state index contributed by atoms with van der Waals surface area (Å²) in [7, 11) is 4.13. The van der Waals surface area contributed by atoms with Gasteiger partial charge in [-0.2, -0.15) is 0 Å². The van der Waals surface area contributed by atoms with Crippen LogP contribution in [0, 0.1) is 0 Å². The highest BCUT2D eigenvalue weighted by atomic mass is 127. The number of aliphatic imine (C=N–C) groups is 1. The van der Waals surface area contributed by atoms with Gasteiger partial charge in [0.1, 0.15) is 5.75 Å². The third kappa shape index (κ3) is 8.93. The van der Waals surface area contributed by atoms with E-state index in [-0.39, 0.29) is 24.0 Å². The SMILES string of the molecule is CC(C)c1cccc(NC(N)=NCc2ccc(OCCCN(C)C)cc2)c1.I. The summed E-state index contributed by atoms with van der Waals surface area (Å²) in [4.78, 5) is 6.58. The zero-order chi connectivity index (χ0) is 19.6. The summed E-state index contributed by atoms with van der Waals surface area (Å²) in [6, 6.07) is 16.3. The molecule has 0 unspecified atom stereocenters. The summed E-state index contributed by atoms with van der Waals surface area (Å²) in [5.74, 6) is 1.78. The molecule has 154 valence electrons. The van der Waals surface area contributed by atoms with Crippen LogP contribution < -0.4 is 15.8 Å². The van der Waals surface area contributed by atoms with Crippen LogP contribution in [0.4, 0.5) is 5.69 Å². The van der Waals surface area contributed by atoms with E-state index in [0.717, 1.165) is 36.6 Å². The molecule has 0 heterocycles. The average molecular weight is 496 g/mol. The molecule has 5 nitrogen and oxygen atoms in total. The first-order valence-electron chi connectivity index (χ1n) is 9.47. The van der Waals surface area contributed by atoms with Crippen LogP contribution >= 0.6 is 24.0 Å². The molecule has 0 atom stereocenters. The number of ether oxygens (including phenoxy) is 1. The van der Waals surface area contributed by atoms with Gasteiger partial charge in [0, 0.05) is 12.2 Å². The lowest BCUT2D eigenvalue weighted by atomic mass is 10.0. The molecule has 2 aromatic rings. The van der Waals surface area contributed by atoms with Crippen molar-refractivity contribution in [3.05, 3.63) is 59.7 Å². The molecule has 0 aliphatic carbocycles. The predicted molar refractivity (Wildman–Crippen MR) is 130 cm³/mol. The van der Waals surface area contributed by atoms with Gasteiger partial charge in [0.15, 0.2) is 5.96 Å². The lowest BCUT2D eigenvalue weighted by Gasteiger charge is -2.11. The first kappa shape index (κ1) is 24.2. The molecule has 0 bridgehead atoms. The molecule has 0 fully saturated rings. The van der Waals surface area contributed by atoms with Gasteiger partial charge < -0.3 is 20.7 Å². The van der Waals surface area contributed by atoms with Gasteiger partial charge in [0.25, 0.3) is 0 Å². The van der Waals surface area contributed by atoms with Gasteiger partial charge in [-0.05, 0) is 61.8 Å². The Morgan fingerprint density at radius 2 is 1.86 bits per heavy atom. The Morgan fingerprint density at radius 1 is 1.14 bits per heavy atom. The van der Waals surface area contributed by atoms with Gasteiger partial charge in [-0.3, -0.25) is 0 Å². The Bertz CT molecular complexity index is 730. The molecule has 28 heavy (non-hydrogen) atoms. The average Bonchev–Trinajstić information content (AvgIpc) is 2.64. The minimum Gasteiger partial charge on any atom is -0.494 e. The molecular weight excluding hydrogens is 463 g/mol. The molecule has 2 aromatic carbocycles. The van der Waals surface area contributed by atoms with Crippen LogP contribution in [0.5, 0.6) is 5.75 Å². The number of nitrogens with one attached hydrogen (secondary N) is 1. The molecule has 0 aliphatic heterocycles. The summed E-state index contributed by atoms with van der Waals surface area (Å²) in [5, 5.41) is 3.16. The van der Waals surface area contributed by atoms with E-state index in [4.69, 9.17) is 10.5 Å². The van der Waals surface area contributed by atoms with Crippen LogP contribution in [0.25, 0.3) is 0 Å². The molecular formula is C22H33IN4O. The van der Waals surface area contributed by atoms with Crippen LogP contribution in [0.1, 0.15) is 37.3 Å². The Morgan fingerprint density at radius 3 is 2.50 bits per heavy atom. The molecule has 0 amide bonds. The van der Waals surface area contributed by atoms with E-state index in [1.807, 2.05) is 36.4 Å². The molecule has 0 spiro atoms. The van der Waals surface area contributed by atoms with Crippen molar-refractivity contribution in [1.82, 2.24) is 4.90 Å². The quantitative estimate of drug-likeness (QED) is 0.229.